The van der Waals surface area contributed by atoms with Gasteiger partial charge < -0.3 is 9.30 Å². The highest BCUT2D eigenvalue weighted by molar-refractivity contribution is 5.94. The monoisotopic (exact) mass is 308 g/mol. The summed E-state index contributed by atoms with van der Waals surface area (Å²) in [5, 5.41) is 0. The second kappa shape index (κ2) is 5.88. The fraction of sp³-hybridized carbons (Fsp3) is 0.263. The Morgan fingerprint density at radius 3 is 2.61 bits per heavy atom. The Balaban J connectivity index is 2.06. The lowest BCUT2D eigenvalue weighted by Gasteiger charge is -2.12. The first-order valence-electron chi connectivity index (χ1n) is 7.59. The predicted molar refractivity (Wildman–Crippen MR) is 91.3 cm³/mol. The zero-order valence-corrected chi connectivity index (χ0v) is 13.9. The van der Waals surface area contributed by atoms with Crippen molar-refractivity contribution in [2.24, 2.45) is 0 Å². The Labute approximate surface area is 135 Å². The summed E-state index contributed by atoms with van der Waals surface area (Å²) < 4.78 is 7.53. The number of carbonyl (C=O) groups is 1. The second-order valence-corrected chi connectivity index (χ2v) is 5.88. The number of benzene rings is 2. The molecule has 23 heavy (non-hydrogen) atoms. The molecule has 3 aromatic rings. The molecule has 0 aliphatic rings. The van der Waals surface area contributed by atoms with E-state index >= 15 is 0 Å². The molecule has 4 heteroatoms. The summed E-state index contributed by atoms with van der Waals surface area (Å²) in [7, 11) is 1.64. The van der Waals surface area contributed by atoms with Crippen LogP contribution in [0, 0.1) is 13.8 Å². The van der Waals surface area contributed by atoms with E-state index in [-0.39, 0.29) is 5.78 Å². The Hall–Kier alpha value is -2.62. The van der Waals surface area contributed by atoms with Crippen LogP contribution < -0.4 is 4.74 Å². The van der Waals surface area contributed by atoms with Crippen LogP contribution in [0.5, 0.6) is 5.75 Å². The molecule has 4 nitrogen and oxygen atoms in total. The van der Waals surface area contributed by atoms with E-state index in [2.05, 4.69) is 35.5 Å². The molecule has 0 aliphatic heterocycles. The largest absolute Gasteiger partial charge is 0.496 e. The molecule has 0 saturated heterocycles. The maximum Gasteiger partial charge on any atom is 0.159 e. The number of ketones is 1. The lowest BCUT2D eigenvalue weighted by Crippen LogP contribution is -2.03. The number of fused-ring (bicyclic) bond motifs is 1. The maximum atomic E-state index is 11.6. The second-order valence-electron chi connectivity index (χ2n) is 5.88. The normalized spacial score (nSPS) is 11.0. The fourth-order valence-corrected chi connectivity index (χ4v) is 2.74. The first kappa shape index (κ1) is 15.3. The van der Waals surface area contributed by atoms with Crippen molar-refractivity contribution in [1.82, 2.24) is 9.55 Å². The van der Waals surface area contributed by atoms with Crippen molar-refractivity contribution < 1.29 is 9.53 Å². The molecule has 0 spiro atoms. The fourth-order valence-electron chi connectivity index (χ4n) is 2.74. The highest BCUT2D eigenvalue weighted by atomic mass is 16.5. The number of aromatic nitrogens is 2. The van der Waals surface area contributed by atoms with Gasteiger partial charge in [0, 0.05) is 11.1 Å². The first-order chi connectivity index (χ1) is 11.0. The molecule has 1 heterocycles. The Morgan fingerprint density at radius 1 is 1.17 bits per heavy atom. The first-order valence-corrected chi connectivity index (χ1v) is 7.59. The third-order valence-electron chi connectivity index (χ3n) is 4.26. The van der Waals surface area contributed by atoms with Crippen LogP contribution in [0.1, 0.15) is 34.0 Å². The molecule has 0 radical (unpaired) electrons. The molecule has 0 atom stereocenters. The minimum Gasteiger partial charge on any atom is -0.496 e. The minimum absolute atomic E-state index is 0.0517. The van der Waals surface area contributed by atoms with Gasteiger partial charge in [0.2, 0.25) is 0 Å². The van der Waals surface area contributed by atoms with Gasteiger partial charge in [-0.15, -0.1) is 0 Å². The van der Waals surface area contributed by atoms with Crippen molar-refractivity contribution >= 4 is 16.8 Å². The van der Waals surface area contributed by atoms with Crippen LogP contribution in [-0.2, 0) is 6.54 Å². The Kier molecular flexibility index (Phi) is 3.90. The van der Waals surface area contributed by atoms with E-state index in [4.69, 9.17) is 4.74 Å². The molecule has 1 aromatic heterocycles. The topological polar surface area (TPSA) is 44.1 Å². The molecule has 0 aliphatic carbocycles. The summed E-state index contributed by atoms with van der Waals surface area (Å²) in [6.07, 6.45) is 1.84. The van der Waals surface area contributed by atoms with E-state index < -0.39 is 0 Å². The number of Topliss-reactive ketones (excluding diaryl/α,β-unsaturated/α-hetero) is 1. The van der Waals surface area contributed by atoms with Gasteiger partial charge in [0.15, 0.2) is 5.78 Å². The highest BCUT2D eigenvalue weighted by Gasteiger charge is 2.11. The number of nitrogens with zero attached hydrogens (tertiary/aromatic N) is 2. The molecule has 0 amide bonds. The average molecular weight is 308 g/mol. The molecule has 2 aromatic carbocycles. The summed E-state index contributed by atoms with van der Waals surface area (Å²) >= 11 is 0. The number of ether oxygens (including phenoxy) is 1. The lowest BCUT2D eigenvalue weighted by atomic mass is 10.1. The van der Waals surface area contributed by atoms with Gasteiger partial charge in [0.05, 0.1) is 31.0 Å². The zero-order valence-electron chi connectivity index (χ0n) is 13.9. The summed E-state index contributed by atoms with van der Waals surface area (Å²) in [5.74, 6) is 0.830. The molecular weight excluding hydrogens is 288 g/mol. The number of aryl methyl sites for hydroxylation is 2. The summed E-state index contributed by atoms with van der Waals surface area (Å²) in [6, 6.07) is 9.79. The number of carbonyl (C=O) groups excluding carboxylic acids is 1. The molecule has 0 saturated carbocycles. The van der Waals surface area contributed by atoms with E-state index in [1.807, 2.05) is 18.5 Å². The van der Waals surface area contributed by atoms with Gasteiger partial charge in [-0.3, -0.25) is 4.79 Å². The minimum atomic E-state index is 0.0517. The van der Waals surface area contributed by atoms with E-state index in [9.17, 15) is 4.79 Å². The number of hydrogen-bond donors (Lipinski definition) is 0. The molecule has 0 bridgehead atoms. The summed E-state index contributed by atoms with van der Waals surface area (Å²) in [4.78, 5) is 16.1. The van der Waals surface area contributed by atoms with Gasteiger partial charge in [-0.2, -0.15) is 0 Å². The van der Waals surface area contributed by atoms with Crippen LogP contribution in [0.25, 0.3) is 11.0 Å². The molecule has 0 fully saturated rings. The standard InChI is InChI=1S/C19H20N2O2/c1-12-7-17-18(8-13(12)2)21(11-20-17)10-16-9-15(14(3)22)5-6-19(16)23-4/h5-9,11H,10H2,1-4H3. The number of rotatable bonds is 4. The van der Waals surface area contributed by atoms with Crippen LogP contribution >= 0.6 is 0 Å². The number of hydrogen-bond acceptors (Lipinski definition) is 3. The molecular formula is C19H20N2O2. The van der Waals surface area contributed by atoms with E-state index in [1.165, 1.54) is 11.1 Å². The quantitative estimate of drug-likeness (QED) is 0.686. The van der Waals surface area contributed by atoms with Gasteiger partial charge >= 0.3 is 0 Å². The third-order valence-corrected chi connectivity index (χ3v) is 4.26. The predicted octanol–water partition coefficient (Wildman–Crippen LogP) is 3.91. The van der Waals surface area contributed by atoms with E-state index in [1.54, 1.807) is 20.1 Å². The van der Waals surface area contributed by atoms with Gasteiger partial charge in [-0.05, 0) is 62.2 Å². The average Bonchev–Trinajstić information content (AvgIpc) is 2.89. The lowest BCUT2D eigenvalue weighted by molar-refractivity contribution is 0.101. The van der Waals surface area contributed by atoms with Gasteiger partial charge in [0.25, 0.3) is 0 Å². The molecule has 3 rings (SSSR count). The Bertz CT molecular complexity index is 894. The van der Waals surface area contributed by atoms with Crippen molar-refractivity contribution in [2.45, 2.75) is 27.3 Å². The molecule has 118 valence electrons. The zero-order chi connectivity index (χ0) is 16.6. The van der Waals surface area contributed by atoms with Crippen molar-refractivity contribution in [3.05, 3.63) is 58.9 Å². The van der Waals surface area contributed by atoms with Crippen LogP contribution in [0.3, 0.4) is 0 Å². The van der Waals surface area contributed by atoms with Crippen molar-refractivity contribution in [2.75, 3.05) is 7.11 Å². The van der Waals surface area contributed by atoms with Crippen molar-refractivity contribution in [3.8, 4) is 5.75 Å². The van der Waals surface area contributed by atoms with E-state index in [0.717, 1.165) is 22.3 Å². The SMILES string of the molecule is COc1ccc(C(C)=O)cc1Cn1cnc2cc(C)c(C)cc21. The molecule has 0 N–H and O–H groups in total. The van der Waals surface area contributed by atoms with Crippen LogP contribution in [0.15, 0.2) is 36.7 Å². The van der Waals surface area contributed by atoms with Crippen LogP contribution in [0.2, 0.25) is 0 Å². The molecule has 0 unspecified atom stereocenters. The highest BCUT2D eigenvalue weighted by Crippen LogP contribution is 2.24. The smallest absolute Gasteiger partial charge is 0.159 e. The van der Waals surface area contributed by atoms with Gasteiger partial charge in [-0.1, -0.05) is 0 Å². The summed E-state index contributed by atoms with van der Waals surface area (Å²) in [6.45, 7) is 6.38. The van der Waals surface area contributed by atoms with Crippen molar-refractivity contribution in [3.63, 3.8) is 0 Å². The van der Waals surface area contributed by atoms with Crippen molar-refractivity contribution in [1.29, 1.82) is 0 Å². The summed E-state index contributed by atoms with van der Waals surface area (Å²) in [5.41, 5.74) is 6.20. The Morgan fingerprint density at radius 2 is 1.91 bits per heavy atom. The number of imidazole rings is 1. The maximum absolute atomic E-state index is 11.6. The van der Waals surface area contributed by atoms with E-state index in [0.29, 0.717) is 12.1 Å². The number of methoxy groups -OCH3 is 1. The van der Waals surface area contributed by atoms with Gasteiger partial charge in [-0.25, -0.2) is 4.98 Å². The van der Waals surface area contributed by atoms with Crippen LogP contribution in [0.4, 0.5) is 0 Å². The van der Waals surface area contributed by atoms with Crippen LogP contribution in [-0.4, -0.2) is 22.4 Å². The third kappa shape index (κ3) is 2.84. The van der Waals surface area contributed by atoms with Gasteiger partial charge in [0.1, 0.15) is 5.75 Å².